The van der Waals surface area contributed by atoms with Gasteiger partial charge in [-0.05, 0) is 18.8 Å². The van der Waals surface area contributed by atoms with Crippen LogP contribution >= 0.6 is 0 Å². The monoisotopic (exact) mass is 608 g/mol. The van der Waals surface area contributed by atoms with Gasteiger partial charge in [-0.1, -0.05) is 85.0 Å². The van der Waals surface area contributed by atoms with Crippen molar-refractivity contribution in [3.8, 4) is 0 Å². The van der Waals surface area contributed by atoms with Gasteiger partial charge in [0.2, 0.25) is 11.7 Å². The first-order valence-corrected chi connectivity index (χ1v) is 15.8. The van der Waals surface area contributed by atoms with Crippen LogP contribution < -0.4 is 11.1 Å². The Balaban J connectivity index is 1.76. The number of guanidine groups is 1. The summed E-state index contributed by atoms with van der Waals surface area (Å²) in [5.41, 5.74) is 3.87. The maximum atomic E-state index is 14.4. The number of amidine groups is 1. The van der Waals surface area contributed by atoms with Crippen molar-refractivity contribution in [1.29, 1.82) is 5.41 Å². The number of hydrogen-bond acceptors (Lipinski definition) is 10. The number of ether oxygens (including phenoxy) is 2. The second-order valence-corrected chi connectivity index (χ2v) is 11.8. The number of nitrogens with one attached hydrogen (secondary N) is 2. The topological polar surface area (TPSA) is 180 Å². The van der Waals surface area contributed by atoms with Gasteiger partial charge in [-0.25, -0.2) is 9.38 Å². The molecule has 0 aromatic heterocycles. The first kappa shape index (κ1) is 34.7. The molecule has 0 bridgehead atoms. The fourth-order valence-corrected chi connectivity index (χ4v) is 5.60. The van der Waals surface area contributed by atoms with E-state index in [9.17, 15) is 23.9 Å². The van der Waals surface area contributed by atoms with Crippen molar-refractivity contribution in [1.82, 2.24) is 10.2 Å². The fraction of sp³-hybridized carbons (Fsp3) is 0.800. The number of unbranched alkanes of at least 4 members (excludes halogenated alkanes) is 9. The number of amides is 1. The Morgan fingerprint density at radius 3 is 2.42 bits per heavy atom. The number of alkyl halides is 1. The number of Topliss-reactive ketones (excluding diaryl/α,β-unsaturated/α-hetero) is 1. The van der Waals surface area contributed by atoms with Gasteiger partial charge < -0.3 is 20.3 Å². The predicted molar refractivity (Wildman–Crippen MR) is 160 cm³/mol. The van der Waals surface area contributed by atoms with Crippen molar-refractivity contribution in [3.63, 3.8) is 0 Å². The SMILES string of the molecule is CCCCCCCCCCCCC(OC(=O)[C@@H](N)[C@@H](C)CC)C(=O)C12N=CN([C@H]3CC(F)[C@@H](CO)O3)C1=NC(=N)NC2=O. The third kappa shape index (κ3) is 8.24. The van der Waals surface area contributed by atoms with Crippen molar-refractivity contribution in [2.45, 2.75) is 140 Å². The average molecular weight is 609 g/mol. The maximum Gasteiger partial charge on any atom is 0.323 e. The van der Waals surface area contributed by atoms with Crippen LogP contribution in [-0.2, 0) is 23.9 Å². The minimum atomic E-state index is -2.25. The number of fused-ring (bicyclic) bond motifs is 1. The summed E-state index contributed by atoms with van der Waals surface area (Å²) in [5, 5.41) is 19.7. The molecule has 3 rings (SSSR count). The summed E-state index contributed by atoms with van der Waals surface area (Å²) in [4.78, 5) is 50.3. The summed E-state index contributed by atoms with van der Waals surface area (Å²) in [6.07, 6.45) is 7.56. The van der Waals surface area contributed by atoms with E-state index >= 15 is 0 Å². The van der Waals surface area contributed by atoms with E-state index in [1.165, 1.54) is 37.0 Å². The van der Waals surface area contributed by atoms with Gasteiger partial charge in [-0.3, -0.25) is 30.0 Å². The van der Waals surface area contributed by atoms with Crippen LogP contribution in [0.25, 0.3) is 0 Å². The molecule has 1 saturated heterocycles. The van der Waals surface area contributed by atoms with Gasteiger partial charge in [-0.15, -0.1) is 0 Å². The Labute approximate surface area is 253 Å². The number of carbonyl (C=O) groups excluding carboxylic acids is 3. The van der Waals surface area contributed by atoms with Gasteiger partial charge in [0.1, 0.15) is 24.5 Å². The van der Waals surface area contributed by atoms with E-state index in [2.05, 4.69) is 22.2 Å². The third-order valence-electron chi connectivity index (χ3n) is 8.63. The molecule has 13 heteroatoms. The van der Waals surface area contributed by atoms with Crippen molar-refractivity contribution < 1.29 is 33.4 Å². The second kappa shape index (κ2) is 16.3. The van der Waals surface area contributed by atoms with E-state index < -0.39 is 66.4 Å². The molecule has 43 heavy (non-hydrogen) atoms. The lowest BCUT2D eigenvalue weighted by Crippen LogP contribution is -2.65. The van der Waals surface area contributed by atoms with E-state index in [1.54, 1.807) is 0 Å². The summed E-state index contributed by atoms with van der Waals surface area (Å²) in [7, 11) is 0. The largest absolute Gasteiger partial charge is 0.453 e. The second-order valence-electron chi connectivity index (χ2n) is 11.8. The normalized spacial score (nSPS) is 27.0. The van der Waals surface area contributed by atoms with E-state index in [0.717, 1.165) is 32.0 Å². The van der Waals surface area contributed by atoms with E-state index in [4.69, 9.17) is 20.6 Å². The molecule has 0 radical (unpaired) electrons. The van der Waals surface area contributed by atoms with Crippen molar-refractivity contribution in [2.24, 2.45) is 21.6 Å². The number of hydrogen-bond donors (Lipinski definition) is 4. The Kier molecular flexibility index (Phi) is 13.2. The average Bonchev–Trinajstić information content (AvgIpc) is 3.56. The first-order valence-electron chi connectivity index (χ1n) is 15.8. The zero-order valence-corrected chi connectivity index (χ0v) is 25.7. The van der Waals surface area contributed by atoms with Crippen LogP contribution in [0.1, 0.15) is 104 Å². The molecule has 3 aliphatic rings. The molecule has 3 unspecified atom stereocenters. The highest BCUT2D eigenvalue weighted by Gasteiger charge is 2.61. The number of rotatable bonds is 19. The number of carbonyl (C=O) groups is 3. The molecule has 0 spiro atoms. The Morgan fingerprint density at radius 2 is 1.84 bits per heavy atom. The lowest BCUT2D eigenvalue weighted by atomic mass is 9.85. The molecule has 1 fully saturated rings. The molecule has 0 aromatic rings. The Bertz CT molecular complexity index is 1060. The number of nitrogens with zero attached hydrogens (tertiary/aromatic N) is 3. The highest BCUT2D eigenvalue weighted by atomic mass is 19.1. The Hall–Kier alpha value is -2.77. The number of nitrogens with two attached hydrogens (primary N) is 1. The third-order valence-corrected chi connectivity index (χ3v) is 8.63. The van der Waals surface area contributed by atoms with E-state index in [1.807, 2.05) is 13.8 Å². The van der Waals surface area contributed by atoms with Crippen LogP contribution in [-0.4, -0.2) is 88.6 Å². The van der Waals surface area contributed by atoms with Crippen LogP contribution in [0.5, 0.6) is 0 Å². The zero-order valence-electron chi connectivity index (χ0n) is 25.7. The van der Waals surface area contributed by atoms with Gasteiger partial charge in [0.25, 0.3) is 11.4 Å². The summed E-state index contributed by atoms with van der Waals surface area (Å²) in [6, 6.07) is -0.959. The lowest BCUT2D eigenvalue weighted by molar-refractivity contribution is -0.160. The van der Waals surface area contributed by atoms with Gasteiger partial charge in [0, 0.05) is 6.42 Å². The summed E-state index contributed by atoms with van der Waals surface area (Å²) in [6.45, 7) is 5.35. The quantitative estimate of drug-likeness (QED) is 0.0981. The highest BCUT2D eigenvalue weighted by molar-refractivity contribution is 6.39. The Morgan fingerprint density at radius 1 is 1.21 bits per heavy atom. The molecular weight excluding hydrogens is 559 g/mol. The lowest BCUT2D eigenvalue weighted by Gasteiger charge is -2.34. The van der Waals surface area contributed by atoms with Gasteiger partial charge in [-0.2, -0.15) is 4.99 Å². The smallest absolute Gasteiger partial charge is 0.323 e. The maximum absolute atomic E-state index is 14.4. The molecule has 12 nitrogen and oxygen atoms in total. The van der Waals surface area contributed by atoms with Crippen LogP contribution in [0.3, 0.4) is 0 Å². The summed E-state index contributed by atoms with van der Waals surface area (Å²) >= 11 is 0. The number of halogens is 1. The van der Waals surface area contributed by atoms with Crippen LogP contribution in [0.2, 0.25) is 0 Å². The first-order chi connectivity index (χ1) is 20.6. The molecule has 1 amide bonds. The van der Waals surface area contributed by atoms with Crippen molar-refractivity contribution in [3.05, 3.63) is 0 Å². The highest BCUT2D eigenvalue weighted by Crippen LogP contribution is 2.34. The van der Waals surface area contributed by atoms with Crippen LogP contribution in [0.4, 0.5) is 4.39 Å². The van der Waals surface area contributed by atoms with Crippen molar-refractivity contribution in [2.75, 3.05) is 6.61 Å². The number of aliphatic imine (C=N–C) groups is 2. The van der Waals surface area contributed by atoms with Crippen LogP contribution in [0, 0.1) is 11.3 Å². The number of ketones is 1. The summed E-state index contributed by atoms with van der Waals surface area (Å²) < 4.78 is 25.7. The standard InChI is InChI=1S/C30H49FN6O6/c1-4-6-7-8-9-10-11-12-13-14-15-21(43-26(40)24(32)19(3)5-2)25(39)30-27(35-29(33)36-28(30)41)37(18-34-30)23-16-20(31)22(17-38)42-23/h18-24,38H,4-17,32H2,1-3H3,(H2,33,36,41)/t19-,20?,21?,22+,23+,24-,30?/m0/s1. The molecule has 0 aromatic carbocycles. The summed E-state index contributed by atoms with van der Waals surface area (Å²) in [5.74, 6) is -3.42. The predicted octanol–water partition coefficient (Wildman–Crippen LogP) is 3.14. The van der Waals surface area contributed by atoms with Gasteiger partial charge in [0.15, 0.2) is 11.9 Å². The van der Waals surface area contributed by atoms with Crippen LogP contribution in [0.15, 0.2) is 9.98 Å². The van der Waals surface area contributed by atoms with E-state index in [-0.39, 0.29) is 24.6 Å². The number of aliphatic hydroxyl groups excluding tert-OH is 1. The molecule has 3 heterocycles. The van der Waals surface area contributed by atoms with E-state index in [0.29, 0.717) is 12.8 Å². The fourth-order valence-electron chi connectivity index (χ4n) is 5.60. The molecule has 5 N–H and O–H groups in total. The molecule has 0 saturated carbocycles. The van der Waals surface area contributed by atoms with Gasteiger partial charge in [0.05, 0.1) is 12.9 Å². The van der Waals surface area contributed by atoms with Crippen molar-refractivity contribution >= 4 is 35.8 Å². The molecule has 242 valence electrons. The molecule has 3 aliphatic heterocycles. The zero-order chi connectivity index (χ0) is 31.6. The molecule has 7 atom stereocenters. The minimum absolute atomic E-state index is 0.155. The number of esters is 1. The molecule has 0 aliphatic carbocycles. The van der Waals surface area contributed by atoms with Gasteiger partial charge >= 0.3 is 5.97 Å². The minimum Gasteiger partial charge on any atom is -0.453 e. The molecular formula is C30H49FN6O6. The number of aliphatic hydroxyl groups is 1.